The molecular weight excluding hydrogens is 214 g/mol. The van der Waals surface area contributed by atoms with Crippen molar-refractivity contribution in [3.05, 3.63) is 0 Å². The van der Waals surface area contributed by atoms with Crippen LogP contribution in [0.25, 0.3) is 0 Å². The van der Waals surface area contributed by atoms with Gasteiger partial charge in [0.05, 0.1) is 18.3 Å². The maximum Gasteiger partial charge on any atom is 0.0707 e. The van der Waals surface area contributed by atoms with Crippen molar-refractivity contribution >= 4 is 0 Å². The van der Waals surface area contributed by atoms with Crippen LogP contribution in [-0.4, -0.2) is 38.0 Å². The fraction of sp³-hybridized carbons (Fsp3) is 1.00. The Morgan fingerprint density at radius 3 is 2.88 bits per heavy atom. The third-order valence-corrected chi connectivity index (χ3v) is 4.02. The molecular formula is C14H27NO2. The van der Waals surface area contributed by atoms with Gasteiger partial charge in [0.25, 0.3) is 0 Å². The van der Waals surface area contributed by atoms with Crippen LogP contribution in [0, 0.1) is 0 Å². The molecule has 1 aliphatic carbocycles. The van der Waals surface area contributed by atoms with Gasteiger partial charge >= 0.3 is 0 Å². The van der Waals surface area contributed by atoms with E-state index in [-0.39, 0.29) is 5.60 Å². The van der Waals surface area contributed by atoms with Crippen LogP contribution in [0.5, 0.6) is 0 Å². The highest BCUT2D eigenvalue weighted by Gasteiger charge is 2.40. The standard InChI is InChI=1S/C14H27NO2/c1-2-8-15-9-11-16-13-5-10-17-14(12-13)6-3-4-7-14/h13,15H,2-12H2,1H3. The Morgan fingerprint density at radius 2 is 2.12 bits per heavy atom. The van der Waals surface area contributed by atoms with Crippen LogP contribution < -0.4 is 5.32 Å². The smallest absolute Gasteiger partial charge is 0.0707 e. The largest absolute Gasteiger partial charge is 0.377 e. The summed E-state index contributed by atoms with van der Waals surface area (Å²) < 4.78 is 12.0. The van der Waals surface area contributed by atoms with Crippen molar-refractivity contribution in [3.63, 3.8) is 0 Å². The Bertz CT molecular complexity index is 214. The molecule has 2 aliphatic rings. The fourth-order valence-electron chi connectivity index (χ4n) is 3.09. The molecule has 1 saturated heterocycles. The maximum atomic E-state index is 6.01. The number of ether oxygens (including phenoxy) is 2. The molecule has 1 unspecified atom stereocenters. The zero-order chi connectivity index (χ0) is 12.0. The van der Waals surface area contributed by atoms with E-state index in [1.54, 1.807) is 0 Å². The molecule has 0 radical (unpaired) electrons. The Labute approximate surface area is 105 Å². The Hall–Kier alpha value is -0.120. The van der Waals surface area contributed by atoms with Crippen LogP contribution in [-0.2, 0) is 9.47 Å². The van der Waals surface area contributed by atoms with E-state index < -0.39 is 0 Å². The molecule has 0 bridgehead atoms. The molecule has 1 N–H and O–H groups in total. The number of hydrogen-bond acceptors (Lipinski definition) is 3. The van der Waals surface area contributed by atoms with Crippen molar-refractivity contribution in [2.75, 3.05) is 26.3 Å². The summed E-state index contributed by atoms with van der Waals surface area (Å²) in [5, 5.41) is 3.38. The van der Waals surface area contributed by atoms with Gasteiger partial charge in [-0.3, -0.25) is 0 Å². The average molecular weight is 241 g/mol. The molecule has 1 saturated carbocycles. The molecule has 3 heteroatoms. The summed E-state index contributed by atoms with van der Waals surface area (Å²) in [4.78, 5) is 0. The molecule has 3 nitrogen and oxygen atoms in total. The molecule has 1 aliphatic heterocycles. The summed E-state index contributed by atoms with van der Waals surface area (Å²) in [6.45, 7) is 6.02. The second-order valence-electron chi connectivity index (χ2n) is 5.47. The fourth-order valence-corrected chi connectivity index (χ4v) is 3.09. The lowest BCUT2D eigenvalue weighted by atomic mass is 9.90. The molecule has 17 heavy (non-hydrogen) atoms. The van der Waals surface area contributed by atoms with E-state index in [9.17, 15) is 0 Å². The van der Waals surface area contributed by atoms with Crippen LogP contribution in [0.2, 0.25) is 0 Å². The summed E-state index contributed by atoms with van der Waals surface area (Å²) in [7, 11) is 0. The zero-order valence-electron chi connectivity index (χ0n) is 11.2. The lowest BCUT2D eigenvalue weighted by Gasteiger charge is -2.38. The van der Waals surface area contributed by atoms with Crippen molar-refractivity contribution < 1.29 is 9.47 Å². The predicted octanol–water partition coefficient (Wildman–Crippen LogP) is 2.49. The van der Waals surface area contributed by atoms with Crippen LogP contribution in [0.3, 0.4) is 0 Å². The van der Waals surface area contributed by atoms with Crippen molar-refractivity contribution in [2.24, 2.45) is 0 Å². The second kappa shape index (κ2) is 6.72. The molecule has 1 spiro atoms. The summed E-state index contributed by atoms with van der Waals surface area (Å²) in [6, 6.07) is 0. The SMILES string of the molecule is CCCNCCOC1CCOC2(CCCC2)C1. The second-order valence-corrected chi connectivity index (χ2v) is 5.47. The van der Waals surface area contributed by atoms with Gasteiger partial charge in [-0.1, -0.05) is 19.8 Å². The van der Waals surface area contributed by atoms with Crippen LogP contribution in [0.4, 0.5) is 0 Å². The Balaban J connectivity index is 1.63. The predicted molar refractivity (Wildman–Crippen MR) is 69.3 cm³/mol. The molecule has 2 rings (SSSR count). The lowest BCUT2D eigenvalue weighted by molar-refractivity contribution is -0.129. The van der Waals surface area contributed by atoms with Gasteiger partial charge in [-0.05, 0) is 32.2 Å². The minimum atomic E-state index is 0.194. The molecule has 100 valence electrons. The zero-order valence-corrected chi connectivity index (χ0v) is 11.2. The first-order valence-electron chi connectivity index (χ1n) is 7.31. The maximum absolute atomic E-state index is 6.01. The van der Waals surface area contributed by atoms with E-state index in [1.807, 2.05) is 0 Å². The van der Waals surface area contributed by atoms with Crippen LogP contribution in [0.15, 0.2) is 0 Å². The summed E-state index contributed by atoms with van der Waals surface area (Å²) >= 11 is 0. The molecule has 0 aromatic carbocycles. The van der Waals surface area contributed by atoms with Gasteiger partial charge in [0.15, 0.2) is 0 Å². The monoisotopic (exact) mass is 241 g/mol. The Morgan fingerprint density at radius 1 is 1.29 bits per heavy atom. The van der Waals surface area contributed by atoms with Gasteiger partial charge in [0, 0.05) is 19.6 Å². The first kappa shape index (κ1) is 13.3. The van der Waals surface area contributed by atoms with E-state index >= 15 is 0 Å². The van der Waals surface area contributed by atoms with Gasteiger partial charge in [-0.25, -0.2) is 0 Å². The van der Waals surface area contributed by atoms with Gasteiger partial charge in [-0.2, -0.15) is 0 Å². The lowest BCUT2D eigenvalue weighted by Crippen LogP contribution is -2.41. The van der Waals surface area contributed by atoms with E-state index in [1.165, 1.54) is 32.1 Å². The first-order valence-corrected chi connectivity index (χ1v) is 7.31. The van der Waals surface area contributed by atoms with E-state index in [2.05, 4.69) is 12.2 Å². The highest BCUT2D eigenvalue weighted by molar-refractivity contribution is 4.91. The average Bonchev–Trinajstić information content (AvgIpc) is 2.77. The summed E-state index contributed by atoms with van der Waals surface area (Å²) in [5.41, 5.74) is 0.194. The number of hydrogen-bond donors (Lipinski definition) is 1. The first-order chi connectivity index (χ1) is 8.35. The van der Waals surface area contributed by atoms with Crippen molar-refractivity contribution in [2.45, 2.75) is 63.6 Å². The highest BCUT2D eigenvalue weighted by Crippen LogP contribution is 2.40. The molecule has 0 amide bonds. The molecule has 1 atom stereocenters. The van der Waals surface area contributed by atoms with Crippen LogP contribution >= 0.6 is 0 Å². The van der Waals surface area contributed by atoms with Crippen molar-refractivity contribution in [1.29, 1.82) is 0 Å². The van der Waals surface area contributed by atoms with E-state index in [0.717, 1.165) is 39.1 Å². The highest BCUT2D eigenvalue weighted by atomic mass is 16.5. The van der Waals surface area contributed by atoms with Crippen molar-refractivity contribution in [1.82, 2.24) is 5.32 Å². The quantitative estimate of drug-likeness (QED) is 0.725. The number of nitrogens with one attached hydrogen (secondary N) is 1. The topological polar surface area (TPSA) is 30.5 Å². The molecule has 0 aromatic rings. The molecule has 1 heterocycles. The van der Waals surface area contributed by atoms with Gasteiger partial charge in [0.1, 0.15) is 0 Å². The van der Waals surface area contributed by atoms with Crippen molar-refractivity contribution in [3.8, 4) is 0 Å². The third kappa shape index (κ3) is 3.94. The van der Waals surface area contributed by atoms with Crippen LogP contribution in [0.1, 0.15) is 51.9 Å². The Kier molecular flexibility index (Phi) is 5.26. The number of rotatable bonds is 6. The summed E-state index contributed by atoms with van der Waals surface area (Å²) in [5.74, 6) is 0. The van der Waals surface area contributed by atoms with E-state index in [4.69, 9.17) is 9.47 Å². The van der Waals surface area contributed by atoms with Gasteiger partial charge < -0.3 is 14.8 Å². The molecule has 0 aromatic heterocycles. The molecule has 2 fully saturated rings. The minimum absolute atomic E-state index is 0.194. The summed E-state index contributed by atoms with van der Waals surface area (Å²) in [6.07, 6.45) is 9.01. The third-order valence-electron chi connectivity index (χ3n) is 4.02. The minimum Gasteiger partial charge on any atom is -0.377 e. The van der Waals surface area contributed by atoms with E-state index in [0.29, 0.717) is 6.10 Å². The van der Waals surface area contributed by atoms with Gasteiger partial charge in [0.2, 0.25) is 0 Å². The normalized spacial score (nSPS) is 27.7. The van der Waals surface area contributed by atoms with Gasteiger partial charge in [-0.15, -0.1) is 0 Å².